The lowest BCUT2D eigenvalue weighted by Gasteiger charge is -2.19. The lowest BCUT2D eigenvalue weighted by Crippen LogP contribution is -2.25. The quantitative estimate of drug-likeness (QED) is 0.421. The number of carbonyl (C=O) groups excluding carboxylic acids is 2. The molecular weight excluding hydrogens is 430 g/mol. The van der Waals surface area contributed by atoms with Crippen molar-refractivity contribution >= 4 is 35.0 Å². The van der Waals surface area contributed by atoms with Gasteiger partial charge in [-0.05, 0) is 53.3 Å². The van der Waals surface area contributed by atoms with Crippen molar-refractivity contribution in [2.45, 2.75) is 18.8 Å². The van der Waals surface area contributed by atoms with E-state index in [1.807, 2.05) is 42.6 Å². The fourth-order valence-electron chi connectivity index (χ4n) is 3.58. The Morgan fingerprint density at radius 2 is 2.03 bits per heavy atom. The molecule has 5 nitrogen and oxygen atoms in total. The van der Waals surface area contributed by atoms with Crippen LogP contribution >= 0.6 is 23.1 Å². The molecule has 1 atom stereocenters. The van der Waals surface area contributed by atoms with E-state index in [0.717, 1.165) is 38.6 Å². The van der Waals surface area contributed by atoms with Crippen LogP contribution in [0.1, 0.15) is 47.5 Å². The highest BCUT2D eigenvalue weighted by Gasteiger charge is 2.26. The minimum absolute atomic E-state index is 0.0151. The predicted octanol–water partition coefficient (Wildman–Crippen LogP) is 4.99. The molecule has 1 aromatic heterocycles. The highest BCUT2D eigenvalue weighted by molar-refractivity contribution is 7.99. The number of thiophene rings is 1. The van der Waals surface area contributed by atoms with Crippen molar-refractivity contribution in [2.24, 2.45) is 0 Å². The van der Waals surface area contributed by atoms with Crippen molar-refractivity contribution in [3.63, 3.8) is 0 Å². The van der Waals surface area contributed by atoms with Gasteiger partial charge in [-0.3, -0.25) is 4.79 Å². The molecule has 0 bridgehead atoms. The first-order valence-corrected chi connectivity index (χ1v) is 11.9. The molecule has 7 heteroatoms. The van der Waals surface area contributed by atoms with E-state index in [-0.39, 0.29) is 17.1 Å². The molecule has 1 aliphatic heterocycles. The van der Waals surface area contributed by atoms with Gasteiger partial charge in [0.1, 0.15) is 12.4 Å². The minimum atomic E-state index is -0.373. The smallest absolute Gasteiger partial charge is 0.337 e. The van der Waals surface area contributed by atoms with E-state index >= 15 is 0 Å². The van der Waals surface area contributed by atoms with Gasteiger partial charge in [0.15, 0.2) is 0 Å². The number of hydrogen-bond donors (Lipinski definition) is 1. The van der Waals surface area contributed by atoms with Crippen molar-refractivity contribution in [3.8, 4) is 5.75 Å². The third kappa shape index (κ3) is 4.62. The van der Waals surface area contributed by atoms with Gasteiger partial charge in [-0.2, -0.15) is 0 Å². The van der Waals surface area contributed by atoms with Crippen LogP contribution in [0.4, 0.5) is 0 Å². The van der Waals surface area contributed by atoms with Crippen LogP contribution in [0.5, 0.6) is 5.75 Å². The van der Waals surface area contributed by atoms with Gasteiger partial charge in [0, 0.05) is 17.9 Å². The van der Waals surface area contributed by atoms with Gasteiger partial charge < -0.3 is 14.8 Å². The second kappa shape index (κ2) is 9.58. The summed E-state index contributed by atoms with van der Waals surface area (Å²) in [6, 6.07) is 15.6. The van der Waals surface area contributed by atoms with Gasteiger partial charge in [-0.15, -0.1) is 23.1 Å². The molecule has 1 unspecified atom stereocenters. The molecule has 31 heavy (non-hydrogen) atoms. The van der Waals surface area contributed by atoms with Crippen LogP contribution in [0.2, 0.25) is 0 Å². The molecule has 2 heterocycles. The van der Waals surface area contributed by atoms with E-state index in [0.29, 0.717) is 18.7 Å². The molecule has 0 aliphatic carbocycles. The van der Waals surface area contributed by atoms with Crippen LogP contribution in [-0.4, -0.2) is 31.3 Å². The highest BCUT2D eigenvalue weighted by atomic mass is 32.2. The van der Waals surface area contributed by atoms with E-state index in [1.54, 1.807) is 17.8 Å². The molecule has 0 saturated heterocycles. The third-order valence-corrected chi connectivity index (χ3v) is 7.47. The summed E-state index contributed by atoms with van der Waals surface area (Å²) in [5, 5.41) is 4.93. The number of thioether (sulfide) groups is 1. The van der Waals surface area contributed by atoms with E-state index in [9.17, 15) is 9.59 Å². The number of hydrogen-bond acceptors (Lipinski definition) is 6. The number of nitrogens with one attached hydrogen (secondary N) is 1. The topological polar surface area (TPSA) is 64.6 Å². The molecule has 0 saturated carbocycles. The van der Waals surface area contributed by atoms with Crippen LogP contribution < -0.4 is 10.1 Å². The molecule has 160 valence electrons. The summed E-state index contributed by atoms with van der Waals surface area (Å²) in [5.74, 6) is 1.07. The Morgan fingerprint density at radius 1 is 1.19 bits per heavy atom. The Hall–Kier alpha value is -2.77. The van der Waals surface area contributed by atoms with Crippen LogP contribution in [0, 0.1) is 6.92 Å². The van der Waals surface area contributed by atoms with Crippen molar-refractivity contribution in [1.29, 1.82) is 0 Å². The molecule has 4 rings (SSSR count). The van der Waals surface area contributed by atoms with E-state index < -0.39 is 0 Å². The standard InChI is InChI=1S/C24H23NO4S2/c1-15-9-11-30-21(15)23(26)25-10-12-31-22-18-6-4-3-5-17(18)14-29-20-8-7-16(13-19(20)22)24(27)28-2/h3-9,11,13,22H,10,12,14H2,1-2H3,(H,25,26). The van der Waals surface area contributed by atoms with Crippen molar-refractivity contribution in [2.75, 3.05) is 19.4 Å². The Labute approximate surface area is 189 Å². The largest absolute Gasteiger partial charge is 0.489 e. The fraction of sp³-hybridized carbons (Fsp3) is 0.250. The fourth-order valence-corrected chi connectivity index (χ4v) is 5.65. The number of esters is 1. The first kappa shape index (κ1) is 21.5. The summed E-state index contributed by atoms with van der Waals surface area (Å²) in [7, 11) is 1.38. The molecule has 0 spiro atoms. The summed E-state index contributed by atoms with van der Waals surface area (Å²) in [4.78, 5) is 25.3. The van der Waals surface area contributed by atoms with E-state index in [2.05, 4.69) is 17.4 Å². The van der Waals surface area contributed by atoms with Crippen LogP contribution in [0.15, 0.2) is 53.9 Å². The Balaban J connectivity index is 1.55. The van der Waals surface area contributed by atoms with Crippen molar-refractivity contribution in [1.82, 2.24) is 5.32 Å². The Kier molecular flexibility index (Phi) is 6.63. The summed E-state index contributed by atoms with van der Waals surface area (Å²) in [5.41, 5.74) is 4.71. The summed E-state index contributed by atoms with van der Waals surface area (Å²) >= 11 is 3.18. The molecule has 2 aromatic carbocycles. The first-order valence-electron chi connectivity index (χ1n) is 9.95. The minimum Gasteiger partial charge on any atom is -0.489 e. The van der Waals surface area contributed by atoms with Crippen LogP contribution in [-0.2, 0) is 11.3 Å². The molecule has 0 fully saturated rings. The number of benzene rings is 2. The van der Waals surface area contributed by atoms with Gasteiger partial charge in [0.05, 0.1) is 22.8 Å². The third-order valence-electron chi connectivity index (χ3n) is 5.17. The number of amides is 1. The van der Waals surface area contributed by atoms with Crippen LogP contribution in [0.3, 0.4) is 0 Å². The number of fused-ring (bicyclic) bond motifs is 2. The monoisotopic (exact) mass is 453 g/mol. The van der Waals surface area contributed by atoms with E-state index in [1.165, 1.54) is 18.4 Å². The first-order chi connectivity index (χ1) is 15.1. The Bertz CT molecular complexity index is 1110. The van der Waals surface area contributed by atoms with E-state index in [4.69, 9.17) is 9.47 Å². The van der Waals surface area contributed by atoms with Crippen LogP contribution in [0.25, 0.3) is 0 Å². The Morgan fingerprint density at radius 3 is 2.81 bits per heavy atom. The molecule has 1 N–H and O–H groups in total. The average molecular weight is 454 g/mol. The second-order valence-electron chi connectivity index (χ2n) is 7.17. The zero-order valence-corrected chi connectivity index (χ0v) is 19.0. The van der Waals surface area contributed by atoms with Gasteiger partial charge in [-0.25, -0.2) is 4.79 Å². The normalized spacial score (nSPS) is 14.6. The molecule has 1 aliphatic rings. The average Bonchev–Trinajstić information content (AvgIpc) is 3.16. The molecule has 1 amide bonds. The van der Waals surface area contributed by atoms with Crippen molar-refractivity contribution in [3.05, 3.63) is 86.6 Å². The van der Waals surface area contributed by atoms with Crippen molar-refractivity contribution < 1.29 is 19.1 Å². The maximum absolute atomic E-state index is 12.4. The lowest BCUT2D eigenvalue weighted by atomic mass is 9.98. The lowest BCUT2D eigenvalue weighted by molar-refractivity contribution is 0.0600. The zero-order chi connectivity index (χ0) is 21.8. The summed E-state index contributed by atoms with van der Waals surface area (Å²) < 4.78 is 10.9. The maximum atomic E-state index is 12.4. The summed E-state index contributed by atoms with van der Waals surface area (Å²) in [6.07, 6.45) is 0. The number of ether oxygens (including phenoxy) is 2. The number of carbonyl (C=O) groups is 2. The maximum Gasteiger partial charge on any atom is 0.337 e. The molecular formula is C24H23NO4S2. The van der Waals surface area contributed by atoms with Gasteiger partial charge in [-0.1, -0.05) is 24.3 Å². The number of rotatable bonds is 6. The zero-order valence-electron chi connectivity index (χ0n) is 17.3. The molecule has 0 radical (unpaired) electrons. The van der Waals surface area contributed by atoms with Gasteiger partial charge >= 0.3 is 5.97 Å². The number of aryl methyl sites for hydroxylation is 1. The van der Waals surface area contributed by atoms with Gasteiger partial charge in [0.2, 0.25) is 0 Å². The number of methoxy groups -OCH3 is 1. The second-order valence-corrected chi connectivity index (χ2v) is 9.30. The highest BCUT2D eigenvalue weighted by Crippen LogP contribution is 2.44. The van der Waals surface area contributed by atoms with Gasteiger partial charge in [0.25, 0.3) is 5.91 Å². The summed E-state index contributed by atoms with van der Waals surface area (Å²) in [6.45, 7) is 2.97. The predicted molar refractivity (Wildman–Crippen MR) is 124 cm³/mol. The molecule has 3 aromatic rings. The SMILES string of the molecule is COC(=O)c1ccc2c(c1)C(SCCNC(=O)c1sccc1C)c1ccccc1CO2.